The molecule has 1 aliphatic heterocycles. The van der Waals surface area contributed by atoms with Crippen LogP contribution in [0.4, 0.5) is 10.2 Å². The molecule has 1 atom stereocenters. The van der Waals surface area contributed by atoms with Crippen LogP contribution < -0.4 is 5.73 Å². The molecule has 3 heterocycles. The number of nitrogens with zero attached hydrogens (tertiary/aromatic N) is 3. The number of hydrogen-bond acceptors (Lipinski definition) is 5. The highest BCUT2D eigenvalue weighted by Gasteiger charge is 2.20. The summed E-state index contributed by atoms with van der Waals surface area (Å²) in [7, 11) is 0. The molecule has 1 saturated heterocycles. The van der Waals surface area contributed by atoms with E-state index in [1.54, 1.807) is 6.20 Å². The van der Waals surface area contributed by atoms with Crippen molar-refractivity contribution < 1.29 is 9.13 Å². The summed E-state index contributed by atoms with van der Waals surface area (Å²) in [5.74, 6) is -0.0973. The molecule has 0 bridgehead atoms. The first kappa shape index (κ1) is 21.4. The molecule has 158 valence electrons. The highest BCUT2D eigenvalue weighted by atomic mass is 35.5. The summed E-state index contributed by atoms with van der Waals surface area (Å²) in [6, 6.07) is 5.09. The highest BCUT2D eigenvalue weighted by molar-refractivity contribution is 7.99. The third-order valence-corrected chi connectivity index (χ3v) is 7.06. The van der Waals surface area contributed by atoms with Crippen LogP contribution in [0.25, 0.3) is 11.1 Å². The molecule has 1 aromatic carbocycles. The normalized spacial score (nSPS) is 16.0. The van der Waals surface area contributed by atoms with Crippen LogP contribution in [-0.4, -0.2) is 28.0 Å². The van der Waals surface area contributed by atoms with Gasteiger partial charge in [0.2, 0.25) is 0 Å². The number of benzene rings is 1. The molecule has 1 fully saturated rings. The zero-order valence-electron chi connectivity index (χ0n) is 16.3. The number of anilines is 1. The molecule has 1 aliphatic rings. The zero-order valence-corrected chi connectivity index (χ0v) is 18.6. The van der Waals surface area contributed by atoms with E-state index >= 15 is 0 Å². The summed E-state index contributed by atoms with van der Waals surface area (Å²) >= 11 is 13.9. The third-order valence-electron chi connectivity index (χ3n) is 5.17. The second-order valence-electron chi connectivity index (χ2n) is 7.18. The topological polar surface area (TPSA) is 66.0 Å². The number of hydrogen-bond donors (Lipinski definition) is 1. The van der Waals surface area contributed by atoms with E-state index < -0.39 is 5.82 Å². The number of pyridine rings is 1. The van der Waals surface area contributed by atoms with E-state index in [0.29, 0.717) is 22.4 Å². The Bertz CT molecular complexity index is 1060. The van der Waals surface area contributed by atoms with E-state index in [9.17, 15) is 4.39 Å². The van der Waals surface area contributed by atoms with Gasteiger partial charge in [-0.15, -0.1) is 11.8 Å². The van der Waals surface area contributed by atoms with Crippen LogP contribution in [0.2, 0.25) is 10.0 Å². The van der Waals surface area contributed by atoms with Crippen LogP contribution >= 0.6 is 35.0 Å². The van der Waals surface area contributed by atoms with E-state index in [1.807, 2.05) is 30.1 Å². The van der Waals surface area contributed by atoms with Crippen molar-refractivity contribution in [3.05, 3.63) is 58.2 Å². The second kappa shape index (κ2) is 9.14. The molecule has 0 saturated carbocycles. The van der Waals surface area contributed by atoms with E-state index in [-0.39, 0.29) is 10.3 Å². The number of rotatable bonds is 5. The van der Waals surface area contributed by atoms with Crippen molar-refractivity contribution in [2.45, 2.75) is 36.0 Å². The Kier molecular flexibility index (Phi) is 6.53. The van der Waals surface area contributed by atoms with Crippen LogP contribution in [0.5, 0.6) is 0 Å². The minimum absolute atomic E-state index is 0.0305. The Hall–Kier alpha value is -1.80. The van der Waals surface area contributed by atoms with Gasteiger partial charge in [-0.05, 0) is 38.0 Å². The summed E-state index contributed by atoms with van der Waals surface area (Å²) in [4.78, 5) is 5.12. The second-order valence-corrected chi connectivity index (χ2v) is 9.34. The zero-order chi connectivity index (χ0) is 21.3. The molecule has 0 spiro atoms. The van der Waals surface area contributed by atoms with Gasteiger partial charge in [-0.1, -0.05) is 23.2 Å². The van der Waals surface area contributed by atoms with Crippen molar-refractivity contribution in [3.63, 3.8) is 0 Å². The van der Waals surface area contributed by atoms with Crippen molar-refractivity contribution in [3.8, 4) is 11.1 Å². The van der Waals surface area contributed by atoms with Gasteiger partial charge in [-0.25, -0.2) is 9.37 Å². The van der Waals surface area contributed by atoms with E-state index in [1.165, 1.54) is 23.9 Å². The lowest BCUT2D eigenvalue weighted by molar-refractivity contribution is 0.0662. The van der Waals surface area contributed by atoms with Crippen molar-refractivity contribution in [1.82, 2.24) is 14.8 Å². The summed E-state index contributed by atoms with van der Waals surface area (Å²) in [5, 5.41) is 4.76. The molecule has 0 radical (unpaired) electrons. The van der Waals surface area contributed by atoms with Gasteiger partial charge in [0.25, 0.3) is 0 Å². The molecule has 5 nitrogen and oxygen atoms in total. The number of aromatic nitrogens is 3. The number of thioether (sulfide) groups is 1. The quantitative estimate of drug-likeness (QED) is 0.359. The Balaban J connectivity index is 1.58. The fourth-order valence-corrected chi connectivity index (χ4v) is 5.45. The summed E-state index contributed by atoms with van der Waals surface area (Å²) in [6.45, 7) is 3.42. The number of nitrogen functional groups attached to an aromatic ring is 1. The van der Waals surface area contributed by atoms with Crippen LogP contribution in [-0.2, 0) is 4.74 Å². The predicted molar refractivity (Wildman–Crippen MR) is 120 cm³/mol. The molecule has 2 N–H and O–H groups in total. The lowest BCUT2D eigenvalue weighted by atomic mass is 10.1. The first-order chi connectivity index (χ1) is 14.4. The fourth-order valence-electron chi connectivity index (χ4n) is 3.51. The average molecular weight is 467 g/mol. The maximum Gasteiger partial charge on any atom is 0.142 e. The van der Waals surface area contributed by atoms with Crippen LogP contribution in [0.15, 0.2) is 41.7 Å². The molecular weight excluding hydrogens is 446 g/mol. The van der Waals surface area contributed by atoms with Crippen molar-refractivity contribution in [2.75, 3.05) is 18.9 Å². The molecule has 30 heavy (non-hydrogen) atoms. The molecule has 0 amide bonds. The number of ether oxygens (including phenoxy) is 1. The van der Waals surface area contributed by atoms with Gasteiger partial charge in [-0.2, -0.15) is 5.10 Å². The van der Waals surface area contributed by atoms with Crippen molar-refractivity contribution in [2.24, 2.45) is 0 Å². The van der Waals surface area contributed by atoms with Gasteiger partial charge in [-0.3, -0.25) is 4.68 Å². The third kappa shape index (κ3) is 4.44. The van der Waals surface area contributed by atoms with Crippen LogP contribution in [0.3, 0.4) is 0 Å². The van der Waals surface area contributed by atoms with Gasteiger partial charge in [0.05, 0.1) is 22.2 Å². The average Bonchev–Trinajstić information content (AvgIpc) is 3.24. The van der Waals surface area contributed by atoms with Gasteiger partial charge < -0.3 is 10.5 Å². The SMILES string of the molecule is CC(Sc1cc(-c2cnn(C3CCOCC3)c2)cnc1N)c1c(Cl)ccc(F)c1Cl. The molecule has 4 rings (SSSR count). The molecule has 0 aliphatic carbocycles. The van der Waals surface area contributed by atoms with Gasteiger partial charge in [0.1, 0.15) is 11.6 Å². The largest absolute Gasteiger partial charge is 0.383 e. The number of halogens is 3. The van der Waals surface area contributed by atoms with E-state index in [0.717, 1.165) is 42.1 Å². The van der Waals surface area contributed by atoms with Gasteiger partial charge in [0.15, 0.2) is 0 Å². The lowest BCUT2D eigenvalue weighted by Crippen LogP contribution is -2.19. The predicted octanol–water partition coefficient (Wildman–Crippen LogP) is 6.18. The molecule has 1 unspecified atom stereocenters. The van der Waals surface area contributed by atoms with Gasteiger partial charge >= 0.3 is 0 Å². The monoisotopic (exact) mass is 466 g/mol. The minimum atomic E-state index is -0.496. The molecular formula is C21H21Cl2FN4OS. The molecule has 3 aromatic rings. The van der Waals surface area contributed by atoms with Crippen LogP contribution in [0, 0.1) is 5.82 Å². The van der Waals surface area contributed by atoms with E-state index in [2.05, 4.69) is 10.1 Å². The first-order valence-corrected chi connectivity index (χ1v) is 11.3. The van der Waals surface area contributed by atoms with Gasteiger partial charge in [0, 0.05) is 52.6 Å². The minimum Gasteiger partial charge on any atom is -0.383 e. The Labute approximate surface area is 188 Å². The Morgan fingerprint density at radius 3 is 2.77 bits per heavy atom. The fraction of sp³-hybridized carbons (Fsp3) is 0.333. The summed E-state index contributed by atoms with van der Waals surface area (Å²) in [6.07, 6.45) is 7.50. The lowest BCUT2D eigenvalue weighted by Gasteiger charge is -2.22. The summed E-state index contributed by atoms with van der Waals surface area (Å²) < 4.78 is 21.3. The molecule has 2 aromatic heterocycles. The first-order valence-electron chi connectivity index (χ1n) is 9.62. The van der Waals surface area contributed by atoms with Crippen LogP contribution in [0.1, 0.15) is 36.6 Å². The summed E-state index contributed by atoms with van der Waals surface area (Å²) in [5.41, 5.74) is 8.53. The highest BCUT2D eigenvalue weighted by Crippen LogP contribution is 2.44. The number of nitrogens with two attached hydrogens (primary N) is 1. The van der Waals surface area contributed by atoms with Crippen molar-refractivity contribution >= 4 is 40.8 Å². The van der Waals surface area contributed by atoms with Crippen molar-refractivity contribution in [1.29, 1.82) is 0 Å². The van der Waals surface area contributed by atoms with E-state index in [4.69, 9.17) is 33.7 Å². The smallest absolute Gasteiger partial charge is 0.142 e. The maximum absolute atomic E-state index is 13.9. The Morgan fingerprint density at radius 2 is 2.00 bits per heavy atom. The standard InChI is InChI=1S/C21H21Cl2FN4OS/c1-12(19-16(22)2-3-17(24)20(19)23)30-18-8-13(9-26-21(18)25)14-10-27-28(11-14)15-4-6-29-7-5-15/h2-3,8-12,15H,4-7H2,1H3,(H2,25,26). The maximum atomic E-state index is 13.9. The molecule has 9 heteroatoms. The Morgan fingerprint density at radius 1 is 1.23 bits per heavy atom.